The van der Waals surface area contributed by atoms with Crippen molar-refractivity contribution in [3.8, 4) is 0 Å². The molecule has 0 amide bonds. The van der Waals surface area contributed by atoms with Gasteiger partial charge in [0.25, 0.3) is 0 Å². The zero-order valence-electron chi connectivity index (χ0n) is 11.4. The number of benzene rings is 1. The van der Waals surface area contributed by atoms with Crippen molar-refractivity contribution in [3.63, 3.8) is 0 Å². The molecular weight excluding hydrogens is 260 g/mol. The molecule has 0 aliphatic carbocycles. The average Bonchev–Trinajstić information content (AvgIpc) is 2.70. The number of aryl methyl sites for hydroxylation is 1. The van der Waals surface area contributed by atoms with Gasteiger partial charge in [-0.15, -0.1) is 5.10 Å². The lowest BCUT2D eigenvalue weighted by Crippen LogP contribution is -2.13. The van der Waals surface area contributed by atoms with Crippen molar-refractivity contribution < 1.29 is 0 Å². The maximum absolute atomic E-state index is 11.3. The number of hydrogen-bond donors (Lipinski definition) is 2. The van der Waals surface area contributed by atoms with Crippen LogP contribution in [0.15, 0.2) is 33.0 Å². The fourth-order valence-electron chi connectivity index (χ4n) is 1.72. The van der Waals surface area contributed by atoms with Gasteiger partial charge in [0.1, 0.15) is 0 Å². The van der Waals surface area contributed by atoms with E-state index >= 15 is 0 Å². The Bertz CT molecular complexity index is 617. The van der Waals surface area contributed by atoms with E-state index in [9.17, 15) is 4.79 Å². The van der Waals surface area contributed by atoms with Gasteiger partial charge in [0.15, 0.2) is 5.16 Å². The van der Waals surface area contributed by atoms with Crippen molar-refractivity contribution in [3.05, 3.63) is 39.8 Å². The Hall–Kier alpha value is -1.53. The molecule has 2 aromatic rings. The van der Waals surface area contributed by atoms with Gasteiger partial charge >= 0.3 is 5.69 Å². The molecule has 0 unspecified atom stereocenters. The minimum atomic E-state index is -0.192. The second-order valence-corrected chi connectivity index (χ2v) is 5.38. The quantitative estimate of drug-likeness (QED) is 0.873. The van der Waals surface area contributed by atoms with E-state index in [1.807, 2.05) is 0 Å². The Balaban J connectivity index is 2.16. The molecule has 0 saturated carbocycles. The van der Waals surface area contributed by atoms with E-state index < -0.39 is 0 Å². The summed E-state index contributed by atoms with van der Waals surface area (Å²) in [6.07, 6.45) is 0. The van der Waals surface area contributed by atoms with Crippen LogP contribution in [0.25, 0.3) is 0 Å². The molecule has 5 nitrogen and oxygen atoms in total. The van der Waals surface area contributed by atoms with Crippen LogP contribution in [0.5, 0.6) is 0 Å². The molecule has 0 bridgehead atoms. The van der Waals surface area contributed by atoms with Crippen molar-refractivity contribution in [1.82, 2.24) is 20.1 Å². The third-order valence-corrected chi connectivity index (χ3v) is 3.96. The van der Waals surface area contributed by atoms with Gasteiger partial charge in [-0.2, -0.15) is 0 Å². The Kier molecular flexibility index (Phi) is 4.44. The Morgan fingerprint density at radius 1 is 1.47 bits per heavy atom. The number of nitrogens with zero attached hydrogens (tertiary/aromatic N) is 2. The summed E-state index contributed by atoms with van der Waals surface area (Å²) in [7, 11) is 1.71. The predicted octanol–water partition coefficient (Wildman–Crippen LogP) is 1.68. The molecule has 0 atom stereocenters. The Labute approximate surface area is 116 Å². The largest absolute Gasteiger partial charge is 0.343 e. The first-order valence-corrected chi connectivity index (χ1v) is 7.03. The van der Waals surface area contributed by atoms with Gasteiger partial charge in [0, 0.05) is 18.5 Å². The van der Waals surface area contributed by atoms with Crippen molar-refractivity contribution in [2.75, 3.05) is 6.54 Å². The fourth-order valence-corrected chi connectivity index (χ4v) is 2.61. The first-order chi connectivity index (χ1) is 9.11. The maximum atomic E-state index is 11.3. The van der Waals surface area contributed by atoms with E-state index in [0.717, 1.165) is 18.0 Å². The lowest BCUT2D eigenvalue weighted by Gasteiger charge is -2.08. The lowest BCUT2D eigenvalue weighted by molar-refractivity contribution is 0.723. The van der Waals surface area contributed by atoms with Crippen LogP contribution in [-0.4, -0.2) is 21.3 Å². The van der Waals surface area contributed by atoms with Crippen LogP contribution in [0.4, 0.5) is 0 Å². The van der Waals surface area contributed by atoms with Crippen LogP contribution >= 0.6 is 11.8 Å². The molecule has 1 heterocycles. The molecule has 6 heteroatoms. The average molecular weight is 278 g/mol. The van der Waals surface area contributed by atoms with Gasteiger partial charge in [0.2, 0.25) is 0 Å². The third-order valence-electron chi connectivity index (χ3n) is 2.93. The van der Waals surface area contributed by atoms with Crippen molar-refractivity contribution in [2.24, 2.45) is 7.05 Å². The summed E-state index contributed by atoms with van der Waals surface area (Å²) in [5.41, 5.74) is 2.34. The molecular formula is C13H18N4OS. The summed E-state index contributed by atoms with van der Waals surface area (Å²) in [5, 5.41) is 10.4. The summed E-state index contributed by atoms with van der Waals surface area (Å²) < 4.78 is 1.51. The van der Waals surface area contributed by atoms with E-state index in [4.69, 9.17) is 0 Å². The molecule has 2 rings (SSSR count). The number of nitrogens with one attached hydrogen (secondary N) is 2. The monoisotopic (exact) mass is 278 g/mol. The van der Waals surface area contributed by atoms with Crippen LogP contribution < -0.4 is 11.0 Å². The summed E-state index contributed by atoms with van der Waals surface area (Å²) in [4.78, 5) is 12.4. The Morgan fingerprint density at radius 2 is 2.26 bits per heavy atom. The van der Waals surface area contributed by atoms with Crippen LogP contribution in [0.3, 0.4) is 0 Å². The van der Waals surface area contributed by atoms with Gasteiger partial charge in [-0.3, -0.25) is 4.57 Å². The van der Waals surface area contributed by atoms with Gasteiger partial charge in [0.05, 0.1) is 0 Å². The molecule has 0 aliphatic rings. The zero-order chi connectivity index (χ0) is 13.8. The second-order valence-electron chi connectivity index (χ2n) is 4.34. The maximum Gasteiger partial charge on any atom is 0.343 e. The minimum Gasteiger partial charge on any atom is -0.313 e. The first-order valence-electron chi connectivity index (χ1n) is 6.21. The van der Waals surface area contributed by atoms with E-state index in [1.165, 1.54) is 27.5 Å². The lowest BCUT2D eigenvalue weighted by atomic mass is 10.1. The standard InChI is InChI=1S/C13H18N4OS/c1-4-14-8-10-5-6-11(7-9(10)2)19-13-16-15-12(18)17(13)3/h5-7,14H,4,8H2,1-3H3,(H,15,18). The van der Waals surface area contributed by atoms with Crippen molar-refractivity contribution in [1.29, 1.82) is 0 Å². The highest BCUT2D eigenvalue weighted by Gasteiger charge is 2.07. The number of aromatic nitrogens is 3. The van der Waals surface area contributed by atoms with Crippen LogP contribution in [-0.2, 0) is 13.6 Å². The van der Waals surface area contributed by atoms with Crippen molar-refractivity contribution in [2.45, 2.75) is 30.4 Å². The molecule has 0 aliphatic heterocycles. The highest BCUT2D eigenvalue weighted by Crippen LogP contribution is 2.26. The summed E-state index contributed by atoms with van der Waals surface area (Å²) in [6, 6.07) is 6.30. The van der Waals surface area contributed by atoms with Gasteiger partial charge in [-0.05, 0) is 48.5 Å². The molecule has 102 valence electrons. The smallest absolute Gasteiger partial charge is 0.313 e. The molecule has 0 spiro atoms. The molecule has 0 radical (unpaired) electrons. The van der Waals surface area contributed by atoms with Gasteiger partial charge < -0.3 is 5.32 Å². The first kappa shape index (κ1) is 13.9. The van der Waals surface area contributed by atoms with Gasteiger partial charge in [-0.25, -0.2) is 9.89 Å². The molecule has 1 aromatic heterocycles. The normalized spacial score (nSPS) is 10.9. The number of aromatic amines is 1. The Morgan fingerprint density at radius 3 is 2.84 bits per heavy atom. The molecule has 0 fully saturated rings. The molecule has 19 heavy (non-hydrogen) atoms. The van der Waals surface area contributed by atoms with E-state index in [2.05, 4.69) is 47.6 Å². The predicted molar refractivity (Wildman–Crippen MR) is 76.5 cm³/mol. The SMILES string of the molecule is CCNCc1ccc(Sc2n[nH]c(=O)n2C)cc1C. The van der Waals surface area contributed by atoms with Crippen molar-refractivity contribution >= 4 is 11.8 Å². The highest BCUT2D eigenvalue weighted by atomic mass is 32.2. The highest BCUT2D eigenvalue weighted by molar-refractivity contribution is 7.99. The molecule has 0 saturated heterocycles. The van der Waals surface area contributed by atoms with Crippen LogP contribution in [0.1, 0.15) is 18.1 Å². The van der Waals surface area contributed by atoms with Crippen LogP contribution in [0, 0.1) is 6.92 Å². The number of hydrogen-bond acceptors (Lipinski definition) is 4. The fraction of sp³-hybridized carbons (Fsp3) is 0.385. The second kappa shape index (κ2) is 6.08. The third kappa shape index (κ3) is 3.27. The molecule has 2 N–H and O–H groups in total. The zero-order valence-corrected chi connectivity index (χ0v) is 12.2. The summed E-state index contributed by atoms with van der Waals surface area (Å²) in [6.45, 7) is 6.04. The topological polar surface area (TPSA) is 62.7 Å². The van der Waals surface area contributed by atoms with E-state index in [1.54, 1.807) is 7.05 Å². The van der Waals surface area contributed by atoms with Crippen LogP contribution in [0.2, 0.25) is 0 Å². The van der Waals surface area contributed by atoms with E-state index in [0.29, 0.717) is 5.16 Å². The summed E-state index contributed by atoms with van der Waals surface area (Å²) in [5.74, 6) is 0. The number of rotatable bonds is 5. The number of H-pyrrole nitrogens is 1. The summed E-state index contributed by atoms with van der Waals surface area (Å²) >= 11 is 1.48. The minimum absolute atomic E-state index is 0.192. The molecule has 1 aromatic carbocycles. The van der Waals surface area contributed by atoms with Gasteiger partial charge in [-0.1, -0.05) is 13.0 Å². The van der Waals surface area contributed by atoms with E-state index in [-0.39, 0.29) is 5.69 Å².